The van der Waals surface area contributed by atoms with Crippen molar-refractivity contribution in [3.8, 4) is 0 Å². The van der Waals surface area contributed by atoms with Gasteiger partial charge in [0.05, 0.1) is 5.69 Å². The molecule has 1 aliphatic rings. The first-order chi connectivity index (χ1) is 8.93. The fourth-order valence-electron chi connectivity index (χ4n) is 1.89. The van der Waals surface area contributed by atoms with E-state index in [2.05, 4.69) is 5.18 Å². The Kier molecular flexibility index (Phi) is 3.37. The summed E-state index contributed by atoms with van der Waals surface area (Å²) in [5.41, 5.74) is 0.766. The zero-order valence-electron chi connectivity index (χ0n) is 9.62. The molecule has 0 heterocycles. The van der Waals surface area contributed by atoms with Crippen molar-refractivity contribution >= 4 is 23.4 Å². The van der Waals surface area contributed by atoms with Crippen molar-refractivity contribution in [1.82, 2.24) is 0 Å². The molecule has 0 saturated heterocycles. The maximum atomic E-state index is 12.3. The predicted molar refractivity (Wildman–Crippen MR) is 63.9 cm³/mol. The quantitative estimate of drug-likeness (QED) is 0.835. The third-order valence-electron chi connectivity index (χ3n) is 2.77. The Hall–Kier alpha value is -2.18. The summed E-state index contributed by atoms with van der Waals surface area (Å²) in [6.07, 6.45) is -0.270. The van der Waals surface area contributed by atoms with Crippen molar-refractivity contribution in [2.45, 2.75) is 19.0 Å². The zero-order valence-corrected chi connectivity index (χ0v) is 9.62. The van der Waals surface area contributed by atoms with Crippen LogP contribution in [0.5, 0.6) is 0 Å². The third kappa shape index (κ3) is 2.64. The minimum atomic E-state index is -5.01. The van der Waals surface area contributed by atoms with Gasteiger partial charge in [0, 0.05) is 5.56 Å². The molecule has 1 aromatic rings. The van der Waals surface area contributed by atoms with E-state index in [1.54, 1.807) is 23.5 Å². The van der Waals surface area contributed by atoms with E-state index in [1.807, 2.05) is 0 Å². The molecule has 1 aliphatic carbocycles. The number of amides is 1. The van der Waals surface area contributed by atoms with E-state index in [-0.39, 0.29) is 11.4 Å². The van der Waals surface area contributed by atoms with Gasteiger partial charge >= 0.3 is 12.1 Å². The molecule has 1 amide bonds. The van der Waals surface area contributed by atoms with Crippen LogP contribution >= 0.6 is 0 Å². The highest BCUT2D eigenvalue weighted by atomic mass is 19.4. The van der Waals surface area contributed by atoms with E-state index in [1.165, 1.54) is 6.07 Å². The van der Waals surface area contributed by atoms with Crippen molar-refractivity contribution < 1.29 is 18.0 Å². The van der Waals surface area contributed by atoms with Crippen LogP contribution in [0.15, 0.2) is 23.4 Å². The Morgan fingerprint density at radius 2 is 2.05 bits per heavy atom. The van der Waals surface area contributed by atoms with E-state index in [0.717, 1.165) is 12.0 Å². The molecule has 0 fully saturated rings. The molecular weight excluding hydrogens is 261 g/mol. The van der Waals surface area contributed by atoms with Crippen LogP contribution in [0.1, 0.15) is 17.5 Å². The molecule has 0 aromatic heterocycles. The van der Waals surface area contributed by atoms with Crippen LogP contribution in [0.2, 0.25) is 0 Å². The average molecular weight is 270 g/mol. The number of nitroso groups, excluding NO2 is 1. The number of carbonyl (C=O) groups is 1. The first kappa shape index (κ1) is 13.3. The molecule has 1 aromatic carbocycles. The van der Waals surface area contributed by atoms with Crippen LogP contribution in [0.4, 0.5) is 24.5 Å². The van der Waals surface area contributed by atoms with Gasteiger partial charge in [-0.2, -0.15) is 13.2 Å². The first-order valence-corrected chi connectivity index (χ1v) is 5.47. The number of benzene rings is 1. The van der Waals surface area contributed by atoms with Crippen LogP contribution in [-0.2, 0) is 11.2 Å². The number of nitrogens with zero attached hydrogens (tertiary/aromatic N) is 1. The molecule has 100 valence electrons. The number of aryl methyl sites for hydroxylation is 1. The summed E-state index contributed by atoms with van der Waals surface area (Å²) in [5.74, 6) is -2.12. The van der Waals surface area contributed by atoms with Gasteiger partial charge in [0.2, 0.25) is 0 Å². The standard InChI is InChI=1S/C12H9F3N2O2/c13-12(14,15)11(18)16-10-8-4-2-1-3-7(8)5-6-9(10)17-19/h2,4-6H,1,3H2,(H,16,18). The number of halogens is 3. The SMILES string of the molecule is O=Nc1ccc2c(c1NC(=O)C(F)(F)F)C=CCC2. The van der Waals surface area contributed by atoms with Gasteiger partial charge < -0.3 is 5.32 Å². The van der Waals surface area contributed by atoms with Crippen LogP contribution in [0.25, 0.3) is 6.08 Å². The summed E-state index contributed by atoms with van der Waals surface area (Å²) in [7, 11) is 0. The number of anilines is 1. The molecule has 0 radical (unpaired) electrons. The van der Waals surface area contributed by atoms with Crippen LogP contribution in [0.3, 0.4) is 0 Å². The number of nitrogens with one attached hydrogen (secondary N) is 1. The molecule has 19 heavy (non-hydrogen) atoms. The van der Waals surface area contributed by atoms with Crippen molar-refractivity contribution in [3.05, 3.63) is 34.2 Å². The molecule has 0 aliphatic heterocycles. The van der Waals surface area contributed by atoms with Gasteiger partial charge in [0.1, 0.15) is 5.69 Å². The van der Waals surface area contributed by atoms with Gasteiger partial charge in [-0.3, -0.25) is 4.79 Å². The summed E-state index contributed by atoms with van der Waals surface area (Å²) in [6.45, 7) is 0. The Bertz CT molecular complexity index is 565. The van der Waals surface area contributed by atoms with Gasteiger partial charge in [0.25, 0.3) is 0 Å². The minimum absolute atomic E-state index is 0.189. The summed E-state index contributed by atoms with van der Waals surface area (Å²) < 4.78 is 36.8. The van der Waals surface area contributed by atoms with Gasteiger partial charge in [-0.15, -0.1) is 4.91 Å². The van der Waals surface area contributed by atoms with E-state index in [9.17, 15) is 22.9 Å². The Labute approximate surface area is 106 Å². The highest BCUT2D eigenvalue weighted by Gasteiger charge is 2.39. The molecular formula is C12H9F3N2O2. The van der Waals surface area contributed by atoms with Gasteiger partial charge in [-0.05, 0) is 29.6 Å². The lowest BCUT2D eigenvalue weighted by molar-refractivity contribution is -0.167. The average Bonchev–Trinajstić information content (AvgIpc) is 2.38. The van der Waals surface area contributed by atoms with E-state index in [0.29, 0.717) is 12.0 Å². The smallest absolute Gasteiger partial charge is 0.316 e. The summed E-state index contributed by atoms with van der Waals surface area (Å²) in [4.78, 5) is 21.6. The van der Waals surface area contributed by atoms with Crippen LogP contribution in [-0.4, -0.2) is 12.1 Å². The number of rotatable bonds is 2. The van der Waals surface area contributed by atoms with Gasteiger partial charge in [-0.25, -0.2) is 0 Å². The largest absolute Gasteiger partial charge is 0.471 e. The van der Waals surface area contributed by atoms with Crippen LogP contribution < -0.4 is 5.32 Å². The van der Waals surface area contributed by atoms with E-state index >= 15 is 0 Å². The maximum absolute atomic E-state index is 12.3. The van der Waals surface area contributed by atoms with Crippen molar-refractivity contribution in [2.75, 3.05) is 5.32 Å². The summed E-state index contributed by atoms with van der Waals surface area (Å²) in [5, 5.41) is 4.37. The van der Waals surface area contributed by atoms with Crippen molar-refractivity contribution in [2.24, 2.45) is 5.18 Å². The topological polar surface area (TPSA) is 58.5 Å². The fourth-order valence-corrected chi connectivity index (χ4v) is 1.89. The third-order valence-corrected chi connectivity index (χ3v) is 2.77. The molecule has 0 atom stereocenters. The lowest BCUT2D eigenvalue weighted by atomic mass is 9.95. The number of carbonyl (C=O) groups excluding carboxylic acids is 1. The second kappa shape index (κ2) is 4.83. The Morgan fingerprint density at radius 3 is 2.68 bits per heavy atom. The number of hydrogen-bond acceptors (Lipinski definition) is 3. The fraction of sp³-hybridized carbons (Fsp3) is 0.250. The van der Waals surface area contributed by atoms with E-state index < -0.39 is 12.1 Å². The number of hydrogen-bond donors (Lipinski definition) is 1. The molecule has 2 rings (SSSR count). The highest BCUT2D eigenvalue weighted by Crippen LogP contribution is 2.36. The molecule has 0 spiro atoms. The molecule has 1 N–H and O–H groups in total. The predicted octanol–water partition coefficient (Wildman–Crippen LogP) is 3.54. The second-order valence-electron chi connectivity index (χ2n) is 4.02. The first-order valence-electron chi connectivity index (χ1n) is 5.47. The minimum Gasteiger partial charge on any atom is -0.316 e. The van der Waals surface area contributed by atoms with Gasteiger partial charge in [0.15, 0.2) is 0 Å². The van der Waals surface area contributed by atoms with E-state index in [4.69, 9.17) is 0 Å². The number of alkyl halides is 3. The van der Waals surface area contributed by atoms with Crippen molar-refractivity contribution in [3.63, 3.8) is 0 Å². The maximum Gasteiger partial charge on any atom is 0.471 e. The number of fused-ring (bicyclic) bond motifs is 1. The number of allylic oxidation sites excluding steroid dienone is 1. The lowest BCUT2D eigenvalue weighted by Gasteiger charge is -2.17. The molecule has 0 unspecified atom stereocenters. The summed E-state index contributed by atoms with van der Waals surface area (Å²) >= 11 is 0. The van der Waals surface area contributed by atoms with Crippen molar-refractivity contribution in [1.29, 1.82) is 0 Å². The Morgan fingerprint density at radius 1 is 1.32 bits per heavy atom. The second-order valence-corrected chi connectivity index (χ2v) is 4.02. The zero-order chi connectivity index (χ0) is 14.0. The highest BCUT2D eigenvalue weighted by molar-refractivity contribution is 6.00. The monoisotopic (exact) mass is 270 g/mol. The molecule has 7 heteroatoms. The normalized spacial score (nSPS) is 13.8. The van der Waals surface area contributed by atoms with Crippen LogP contribution in [0, 0.1) is 4.91 Å². The van der Waals surface area contributed by atoms with Gasteiger partial charge in [-0.1, -0.05) is 18.2 Å². The Balaban J connectivity index is 2.46. The summed E-state index contributed by atoms with van der Waals surface area (Å²) in [6, 6.07) is 2.93. The molecule has 0 bridgehead atoms. The lowest BCUT2D eigenvalue weighted by Crippen LogP contribution is -2.30. The molecule has 4 nitrogen and oxygen atoms in total. The molecule has 0 saturated carbocycles.